The number of carbonyl (C=O) groups is 2. The topological polar surface area (TPSA) is 102 Å². The molecule has 1 aliphatic carbocycles. The fourth-order valence-electron chi connectivity index (χ4n) is 3.02. The Labute approximate surface area is 150 Å². The number of aromatic nitrogens is 3. The van der Waals surface area contributed by atoms with E-state index in [2.05, 4.69) is 9.97 Å². The zero-order valence-electron chi connectivity index (χ0n) is 14.4. The SMILES string of the molecule is CCCn1c(-c2cccnc2)ncc(C(O)=C2C(=O)CCCC2=O)c1=O. The average Bonchev–Trinajstić information content (AvgIpc) is 2.64. The Balaban J connectivity index is 2.19. The third kappa shape index (κ3) is 3.20. The number of carbonyl (C=O) groups excluding carboxylic acids is 2. The van der Waals surface area contributed by atoms with Crippen LogP contribution in [0.3, 0.4) is 0 Å². The maximum atomic E-state index is 12.9. The molecule has 0 bridgehead atoms. The van der Waals surface area contributed by atoms with Crippen molar-refractivity contribution in [3.63, 3.8) is 0 Å². The van der Waals surface area contributed by atoms with E-state index in [1.165, 1.54) is 10.8 Å². The first kappa shape index (κ1) is 17.7. The molecule has 7 nitrogen and oxygen atoms in total. The van der Waals surface area contributed by atoms with Crippen molar-refractivity contribution in [2.45, 2.75) is 39.2 Å². The highest BCUT2D eigenvalue weighted by atomic mass is 16.3. The second kappa shape index (κ2) is 7.43. The van der Waals surface area contributed by atoms with Crippen molar-refractivity contribution >= 4 is 17.3 Å². The molecular weight excluding hydrogens is 334 g/mol. The normalized spacial score (nSPS) is 14.6. The molecule has 2 heterocycles. The minimum absolute atomic E-state index is 0.135. The molecule has 2 aromatic rings. The molecule has 0 aromatic carbocycles. The number of Topliss-reactive ketones (excluding diaryl/α,β-unsaturated/α-hetero) is 2. The Morgan fingerprint density at radius 3 is 2.54 bits per heavy atom. The Kier molecular flexibility index (Phi) is 5.06. The van der Waals surface area contributed by atoms with E-state index in [0.29, 0.717) is 30.8 Å². The van der Waals surface area contributed by atoms with E-state index in [0.717, 1.165) is 0 Å². The summed E-state index contributed by atoms with van der Waals surface area (Å²) in [5.74, 6) is -1.01. The van der Waals surface area contributed by atoms with Gasteiger partial charge in [-0.05, 0) is 25.0 Å². The number of hydrogen-bond acceptors (Lipinski definition) is 6. The second-order valence-electron chi connectivity index (χ2n) is 6.12. The van der Waals surface area contributed by atoms with Crippen molar-refractivity contribution in [1.82, 2.24) is 14.5 Å². The number of rotatable bonds is 4. The van der Waals surface area contributed by atoms with Gasteiger partial charge >= 0.3 is 0 Å². The third-order valence-electron chi connectivity index (χ3n) is 4.27. The van der Waals surface area contributed by atoms with Crippen LogP contribution in [0.2, 0.25) is 0 Å². The van der Waals surface area contributed by atoms with Crippen molar-refractivity contribution in [2.24, 2.45) is 0 Å². The average molecular weight is 353 g/mol. The lowest BCUT2D eigenvalue weighted by Gasteiger charge is -2.16. The summed E-state index contributed by atoms with van der Waals surface area (Å²) >= 11 is 0. The second-order valence-corrected chi connectivity index (χ2v) is 6.12. The van der Waals surface area contributed by atoms with Crippen LogP contribution in [0.5, 0.6) is 0 Å². The molecule has 0 amide bonds. The summed E-state index contributed by atoms with van der Waals surface area (Å²) in [6, 6.07) is 3.53. The fourth-order valence-corrected chi connectivity index (χ4v) is 3.02. The lowest BCUT2D eigenvalue weighted by molar-refractivity contribution is -0.123. The quantitative estimate of drug-likeness (QED) is 0.514. The van der Waals surface area contributed by atoms with Crippen LogP contribution in [0.4, 0.5) is 0 Å². The highest BCUT2D eigenvalue weighted by molar-refractivity contribution is 6.25. The Hall–Kier alpha value is -3.09. The van der Waals surface area contributed by atoms with Gasteiger partial charge in [0.15, 0.2) is 11.6 Å². The minimum Gasteiger partial charge on any atom is -0.506 e. The standard InChI is InChI=1S/C19H19N3O4/c1-2-9-22-18(12-5-4-8-20-10-12)21-11-13(19(22)26)17(25)16-14(23)6-3-7-15(16)24/h4-5,8,10-11,25H,2-3,6-7,9H2,1H3. The molecule has 0 radical (unpaired) electrons. The number of pyridine rings is 1. The molecule has 0 atom stereocenters. The first-order chi connectivity index (χ1) is 12.5. The maximum Gasteiger partial charge on any atom is 0.264 e. The molecular formula is C19H19N3O4. The Morgan fingerprint density at radius 1 is 1.19 bits per heavy atom. The van der Waals surface area contributed by atoms with Crippen LogP contribution in [0.25, 0.3) is 17.1 Å². The molecule has 0 spiro atoms. The van der Waals surface area contributed by atoms with Crippen LogP contribution in [0.15, 0.2) is 41.1 Å². The number of nitrogens with zero attached hydrogens (tertiary/aromatic N) is 3. The maximum absolute atomic E-state index is 12.9. The van der Waals surface area contributed by atoms with Gasteiger partial charge in [0.05, 0.1) is 0 Å². The molecule has 26 heavy (non-hydrogen) atoms. The number of aliphatic hydroxyl groups is 1. The van der Waals surface area contributed by atoms with Crippen LogP contribution >= 0.6 is 0 Å². The molecule has 0 saturated heterocycles. The van der Waals surface area contributed by atoms with Gasteiger partial charge in [0.2, 0.25) is 0 Å². The van der Waals surface area contributed by atoms with Gasteiger partial charge in [0.1, 0.15) is 22.7 Å². The molecule has 134 valence electrons. The van der Waals surface area contributed by atoms with E-state index < -0.39 is 22.9 Å². The van der Waals surface area contributed by atoms with Crippen LogP contribution < -0.4 is 5.56 Å². The molecule has 7 heteroatoms. The molecule has 1 saturated carbocycles. The molecule has 3 rings (SSSR count). The van der Waals surface area contributed by atoms with Gasteiger partial charge in [-0.2, -0.15) is 0 Å². The van der Waals surface area contributed by atoms with Gasteiger partial charge < -0.3 is 5.11 Å². The Morgan fingerprint density at radius 2 is 1.92 bits per heavy atom. The summed E-state index contributed by atoms with van der Waals surface area (Å²) in [5, 5.41) is 10.5. The molecule has 1 N–H and O–H groups in total. The predicted molar refractivity (Wildman–Crippen MR) is 95.4 cm³/mol. The summed E-state index contributed by atoms with van der Waals surface area (Å²) in [7, 11) is 0. The van der Waals surface area contributed by atoms with Gasteiger partial charge in [-0.25, -0.2) is 4.98 Å². The molecule has 0 aliphatic heterocycles. The van der Waals surface area contributed by atoms with Gasteiger partial charge in [0.25, 0.3) is 5.56 Å². The third-order valence-corrected chi connectivity index (χ3v) is 4.27. The summed E-state index contributed by atoms with van der Waals surface area (Å²) < 4.78 is 1.43. The van der Waals surface area contributed by atoms with Gasteiger partial charge in [-0.15, -0.1) is 0 Å². The van der Waals surface area contributed by atoms with Crippen molar-refractivity contribution in [3.8, 4) is 11.4 Å². The lowest BCUT2D eigenvalue weighted by Crippen LogP contribution is -2.28. The number of ketones is 2. The number of allylic oxidation sites excluding steroid dienone is 1. The highest BCUT2D eigenvalue weighted by Crippen LogP contribution is 2.24. The van der Waals surface area contributed by atoms with Crippen molar-refractivity contribution in [1.29, 1.82) is 0 Å². The van der Waals surface area contributed by atoms with Crippen LogP contribution in [0, 0.1) is 0 Å². The smallest absolute Gasteiger partial charge is 0.264 e. The van der Waals surface area contributed by atoms with Gasteiger partial charge in [-0.3, -0.25) is 23.9 Å². The molecule has 1 fully saturated rings. The van der Waals surface area contributed by atoms with E-state index in [1.807, 2.05) is 6.92 Å². The molecule has 1 aliphatic rings. The van der Waals surface area contributed by atoms with Crippen LogP contribution in [0.1, 0.15) is 38.2 Å². The van der Waals surface area contributed by atoms with Crippen LogP contribution in [-0.4, -0.2) is 31.2 Å². The number of hydrogen-bond donors (Lipinski definition) is 1. The molecule has 0 unspecified atom stereocenters. The largest absolute Gasteiger partial charge is 0.506 e. The van der Waals surface area contributed by atoms with Crippen molar-refractivity contribution in [2.75, 3.05) is 0 Å². The fraction of sp³-hybridized carbons (Fsp3) is 0.316. The van der Waals surface area contributed by atoms with Crippen LogP contribution in [-0.2, 0) is 16.1 Å². The predicted octanol–water partition coefficient (Wildman–Crippen LogP) is 2.31. The zero-order valence-corrected chi connectivity index (χ0v) is 14.4. The zero-order chi connectivity index (χ0) is 18.7. The van der Waals surface area contributed by atoms with Crippen molar-refractivity contribution in [3.05, 3.63) is 52.2 Å². The minimum atomic E-state index is -0.570. The van der Waals surface area contributed by atoms with E-state index in [9.17, 15) is 19.5 Å². The van der Waals surface area contributed by atoms with E-state index in [1.54, 1.807) is 24.5 Å². The summed E-state index contributed by atoms with van der Waals surface area (Å²) in [6.07, 6.45) is 5.95. The lowest BCUT2D eigenvalue weighted by atomic mass is 9.90. The first-order valence-electron chi connectivity index (χ1n) is 8.54. The summed E-state index contributed by atoms with van der Waals surface area (Å²) in [6.45, 7) is 2.30. The molecule has 2 aromatic heterocycles. The van der Waals surface area contributed by atoms with Gasteiger partial charge in [-0.1, -0.05) is 6.92 Å². The monoisotopic (exact) mass is 353 g/mol. The number of aliphatic hydroxyl groups excluding tert-OH is 1. The Bertz CT molecular complexity index is 927. The first-order valence-corrected chi connectivity index (χ1v) is 8.54. The highest BCUT2D eigenvalue weighted by Gasteiger charge is 2.29. The van der Waals surface area contributed by atoms with E-state index in [4.69, 9.17) is 0 Å². The van der Waals surface area contributed by atoms with E-state index >= 15 is 0 Å². The van der Waals surface area contributed by atoms with E-state index in [-0.39, 0.29) is 24.0 Å². The summed E-state index contributed by atoms with van der Waals surface area (Å²) in [5.41, 5.74) is -0.240. The summed E-state index contributed by atoms with van der Waals surface area (Å²) in [4.78, 5) is 45.4. The van der Waals surface area contributed by atoms with Crippen molar-refractivity contribution < 1.29 is 14.7 Å². The van der Waals surface area contributed by atoms with Gasteiger partial charge in [0, 0.05) is 43.5 Å².